The zero-order valence-corrected chi connectivity index (χ0v) is 10.6. The van der Waals surface area contributed by atoms with Gasteiger partial charge in [-0.3, -0.25) is 4.79 Å². The minimum absolute atomic E-state index is 0.0307. The molecule has 92 valence electrons. The molecule has 0 aromatic heterocycles. The summed E-state index contributed by atoms with van der Waals surface area (Å²) in [4.78, 5) is 12.6. The van der Waals surface area contributed by atoms with E-state index in [4.69, 9.17) is 4.74 Å². The first kappa shape index (κ1) is 12.5. The van der Waals surface area contributed by atoms with Crippen LogP contribution in [0.15, 0.2) is 60.7 Å². The number of Topliss-reactive ketones (excluding diaryl/α,β-unsaturated/α-hetero) is 1. The average molecular weight is 240 g/mol. The molecule has 0 heterocycles. The van der Waals surface area contributed by atoms with E-state index in [-0.39, 0.29) is 5.78 Å². The molecule has 0 saturated heterocycles. The van der Waals surface area contributed by atoms with Gasteiger partial charge in [-0.25, -0.2) is 0 Å². The summed E-state index contributed by atoms with van der Waals surface area (Å²) in [6.07, 6.45) is 0. The number of hydrogen-bond donors (Lipinski definition) is 0. The number of hydrogen-bond acceptors (Lipinski definition) is 2. The molecule has 0 N–H and O–H groups in total. The van der Waals surface area contributed by atoms with E-state index in [9.17, 15) is 4.79 Å². The number of rotatable bonds is 4. The second kappa shape index (κ2) is 5.15. The normalized spacial score (nSPS) is 13.9. The van der Waals surface area contributed by atoms with E-state index in [0.29, 0.717) is 5.56 Å². The number of carbonyl (C=O) groups is 1. The van der Waals surface area contributed by atoms with Gasteiger partial charge in [0, 0.05) is 12.7 Å². The van der Waals surface area contributed by atoms with E-state index >= 15 is 0 Å². The van der Waals surface area contributed by atoms with E-state index < -0.39 is 5.60 Å². The van der Waals surface area contributed by atoms with Crippen LogP contribution in [0.1, 0.15) is 22.8 Å². The molecule has 2 heteroatoms. The lowest BCUT2D eigenvalue weighted by atomic mass is 9.87. The van der Waals surface area contributed by atoms with Crippen LogP contribution in [-0.2, 0) is 10.3 Å². The lowest BCUT2D eigenvalue weighted by molar-refractivity contribution is 0.0101. The predicted molar refractivity (Wildman–Crippen MR) is 71.6 cm³/mol. The molecule has 0 fully saturated rings. The summed E-state index contributed by atoms with van der Waals surface area (Å²) in [5.74, 6) is -0.0307. The second-order valence-electron chi connectivity index (χ2n) is 4.30. The highest BCUT2D eigenvalue weighted by Gasteiger charge is 2.35. The molecule has 2 rings (SSSR count). The summed E-state index contributed by atoms with van der Waals surface area (Å²) in [7, 11) is 1.56. The molecule has 0 saturated carbocycles. The Labute approximate surface area is 107 Å². The first-order chi connectivity index (χ1) is 8.68. The Hall–Kier alpha value is -1.93. The highest BCUT2D eigenvalue weighted by Crippen LogP contribution is 2.28. The van der Waals surface area contributed by atoms with E-state index in [1.165, 1.54) is 0 Å². The van der Waals surface area contributed by atoms with Crippen LogP contribution in [0.5, 0.6) is 0 Å². The van der Waals surface area contributed by atoms with Crippen molar-refractivity contribution in [1.29, 1.82) is 0 Å². The fourth-order valence-electron chi connectivity index (χ4n) is 1.96. The molecule has 0 aliphatic heterocycles. The topological polar surface area (TPSA) is 26.3 Å². The fraction of sp³-hybridized carbons (Fsp3) is 0.188. The van der Waals surface area contributed by atoms with Crippen LogP contribution in [0.3, 0.4) is 0 Å². The molecule has 0 radical (unpaired) electrons. The first-order valence-electron chi connectivity index (χ1n) is 5.89. The molecule has 2 aromatic carbocycles. The van der Waals surface area contributed by atoms with Gasteiger partial charge in [-0.15, -0.1) is 0 Å². The van der Waals surface area contributed by atoms with Crippen LogP contribution < -0.4 is 0 Å². The van der Waals surface area contributed by atoms with Crippen molar-refractivity contribution in [2.24, 2.45) is 0 Å². The van der Waals surface area contributed by atoms with Gasteiger partial charge in [-0.1, -0.05) is 60.7 Å². The van der Waals surface area contributed by atoms with Crippen LogP contribution in [0.25, 0.3) is 0 Å². The summed E-state index contributed by atoms with van der Waals surface area (Å²) < 4.78 is 5.49. The molecule has 0 aliphatic carbocycles. The highest BCUT2D eigenvalue weighted by molar-refractivity contribution is 6.02. The molecule has 2 nitrogen and oxygen atoms in total. The van der Waals surface area contributed by atoms with E-state index in [0.717, 1.165) is 5.56 Å². The van der Waals surface area contributed by atoms with Gasteiger partial charge in [0.1, 0.15) is 0 Å². The Kier molecular flexibility index (Phi) is 3.58. The van der Waals surface area contributed by atoms with Crippen LogP contribution in [0.4, 0.5) is 0 Å². The van der Waals surface area contributed by atoms with Crippen molar-refractivity contribution >= 4 is 5.78 Å². The van der Waals surface area contributed by atoms with Crippen molar-refractivity contribution in [1.82, 2.24) is 0 Å². The van der Waals surface area contributed by atoms with Crippen LogP contribution in [0.2, 0.25) is 0 Å². The number of benzene rings is 2. The second-order valence-corrected chi connectivity index (χ2v) is 4.30. The van der Waals surface area contributed by atoms with Crippen molar-refractivity contribution in [3.63, 3.8) is 0 Å². The lowest BCUT2D eigenvalue weighted by Gasteiger charge is -2.27. The molecular formula is C16H16O2. The van der Waals surface area contributed by atoms with Crippen molar-refractivity contribution in [3.8, 4) is 0 Å². The van der Waals surface area contributed by atoms with Gasteiger partial charge < -0.3 is 4.74 Å². The maximum atomic E-state index is 12.6. The molecule has 0 bridgehead atoms. The van der Waals surface area contributed by atoms with Crippen molar-refractivity contribution in [3.05, 3.63) is 71.8 Å². The molecule has 2 aromatic rings. The third-order valence-corrected chi connectivity index (χ3v) is 3.20. The summed E-state index contributed by atoms with van der Waals surface area (Å²) >= 11 is 0. The largest absolute Gasteiger partial charge is 0.366 e. The monoisotopic (exact) mass is 240 g/mol. The van der Waals surface area contributed by atoms with Crippen LogP contribution >= 0.6 is 0 Å². The van der Waals surface area contributed by atoms with Gasteiger partial charge in [0.05, 0.1) is 0 Å². The predicted octanol–water partition coefficient (Wildman–Crippen LogP) is 3.43. The highest BCUT2D eigenvalue weighted by atomic mass is 16.5. The Morgan fingerprint density at radius 3 is 1.94 bits per heavy atom. The van der Waals surface area contributed by atoms with E-state index in [1.807, 2.05) is 60.7 Å². The minimum atomic E-state index is -0.942. The van der Waals surface area contributed by atoms with Crippen LogP contribution in [-0.4, -0.2) is 12.9 Å². The number of carbonyl (C=O) groups excluding carboxylic acids is 1. The Balaban J connectivity index is 2.43. The number of methoxy groups -OCH3 is 1. The van der Waals surface area contributed by atoms with Crippen molar-refractivity contribution < 1.29 is 9.53 Å². The van der Waals surface area contributed by atoms with Crippen molar-refractivity contribution in [2.45, 2.75) is 12.5 Å². The standard InChI is InChI=1S/C16H16O2/c1-16(18-2,14-11-7-4-8-12-14)15(17)13-9-5-3-6-10-13/h3-12H,1-2H3/t16-/m0/s1. The molecule has 0 unspecified atom stereocenters. The van der Waals surface area contributed by atoms with E-state index in [1.54, 1.807) is 14.0 Å². The third-order valence-electron chi connectivity index (χ3n) is 3.20. The molecule has 0 aliphatic rings. The number of ketones is 1. The SMILES string of the molecule is CO[C@](C)(C(=O)c1ccccc1)c1ccccc1. The minimum Gasteiger partial charge on any atom is -0.366 e. The van der Waals surface area contributed by atoms with Gasteiger partial charge in [-0.2, -0.15) is 0 Å². The van der Waals surface area contributed by atoms with Gasteiger partial charge in [0.25, 0.3) is 0 Å². The van der Waals surface area contributed by atoms with E-state index in [2.05, 4.69) is 0 Å². The Morgan fingerprint density at radius 1 is 0.944 bits per heavy atom. The van der Waals surface area contributed by atoms with Gasteiger partial charge in [-0.05, 0) is 12.5 Å². The summed E-state index contributed by atoms with van der Waals surface area (Å²) in [5.41, 5.74) is 0.579. The summed E-state index contributed by atoms with van der Waals surface area (Å²) in [6, 6.07) is 18.8. The fourth-order valence-corrected chi connectivity index (χ4v) is 1.96. The molecular weight excluding hydrogens is 224 g/mol. The maximum absolute atomic E-state index is 12.6. The lowest BCUT2D eigenvalue weighted by Crippen LogP contribution is -2.34. The molecule has 0 amide bonds. The zero-order chi connectivity index (χ0) is 13.0. The zero-order valence-electron chi connectivity index (χ0n) is 10.6. The molecule has 18 heavy (non-hydrogen) atoms. The number of ether oxygens (including phenoxy) is 1. The van der Waals surface area contributed by atoms with Gasteiger partial charge in [0.2, 0.25) is 0 Å². The van der Waals surface area contributed by atoms with Gasteiger partial charge in [0.15, 0.2) is 11.4 Å². The quantitative estimate of drug-likeness (QED) is 0.765. The van der Waals surface area contributed by atoms with Crippen molar-refractivity contribution in [2.75, 3.05) is 7.11 Å². The van der Waals surface area contributed by atoms with Crippen LogP contribution in [0, 0.1) is 0 Å². The maximum Gasteiger partial charge on any atom is 0.198 e. The first-order valence-corrected chi connectivity index (χ1v) is 5.89. The molecule has 0 spiro atoms. The smallest absolute Gasteiger partial charge is 0.198 e. The van der Waals surface area contributed by atoms with Gasteiger partial charge >= 0.3 is 0 Å². The Bertz CT molecular complexity index is 519. The summed E-state index contributed by atoms with van der Waals surface area (Å²) in [5, 5.41) is 0. The third kappa shape index (κ3) is 2.20. The Morgan fingerprint density at radius 2 is 1.44 bits per heavy atom. The average Bonchev–Trinajstić information content (AvgIpc) is 2.47. The summed E-state index contributed by atoms with van der Waals surface area (Å²) in [6.45, 7) is 1.80. The molecule has 1 atom stereocenters.